The van der Waals surface area contributed by atoms with Crippen LogP contribution in [-0.4, -0.2) is 22.6 Å². The molecule has 0 radical (unpaired) electrons. The molecule has 0 aromatic heterocycles. The van der Waals surface area contributed by atoms with Crippen molar-refractivity contribution in [1.29, 1.82) is 0 Å². The van der Waals surface area contributed by atoms with Gasteiger partial charge in [0.25, 0.3) is 0 Å². The van der Waals surface area contributed by atoms with E-state index in [-0.39, 0.29) is 12.3 Å². The Morgan fingerprint density at radius 1 is 0.957 bits per heavy atom. The Hall–Kier alpha value is -1.76. The van der Waals surface area contributed by atoms with Crippen molar-refractivity contribution in [3.05, 3.63) is 58.6 Å². The maximum absolute atomic E-state index is 12.2. The van der Waals surface area contributed by atoms with Crippen molar-refractivity contribution in [3.63, 3.8) is 0 Å². The van der Waals surface area contributed by atoms with Crippen LogP contribution in [0.1, 0.15) is 11.1 Å². The molecule has 0 saturated heterocycles. The number of hydrogen-bond donors (Lipinski definition) is 1. The first-order valence-electron chi connectivity index (χ1n) is 6.85. The molecule has 1 N–H and O–H groups in total. The van der Waals surface area contributed by atoms with Gasteiger partial charge in [0.15, 0.2) is 0 Å². The zero-order valence-electron chi connectivity index (χ0n) is 12.9. The minimum absolute atomic E-state index is 0.106. The smallest absolute Gasteiger partial charge is 0.216 e. The first kappa shape index (κ1) is 17.6. The summed E-state index contributed by atoms with van der Waals surface area (Å²) in [7, 11) is -0.370. The number of rotatable bonds is 7. The van der Waals surface area contributed by atoms with Gasteiger partial charge in [0.05, 0.1) is 20.0 Å². The van der Waals surface area contributed by atoms with Crippen LogP contribution in [0.25, 0.3) is 0 Å². The number of ether oxygens (including phenoxy) is 2. The lowest BCUT2D eigenvalue weighted by atomic mass is 10.2. The average molecular weight is 356 g/mol. The molecule has 0 bridgehead atoms. The lowest BCUT2D eigenvalue weighted by Gasteiger charge is -2.10. The number of nitrogens with one attached hydrogen (secondary N) is 1. The maximum atomic E-state index is 12.2. The van der Waals surface area contributed by atoms with Crippen LogP contribution in [0.15, 0.2) is 42.5 Å². The van der Waals surface area contributed by atoms with Crippen LogP contribution in [0.3, 0.4) is 0 Å². The number of benzene rings is 2. The molecular formula is C16H18ClNO4S. The molecule has 0 atom stereocenters. The van der Waals surface area contributed by atoms with Gasteiger partial charge in [0.2, 0.25) is 10.0 Å². The Kier molecular flexibility index (Phi) is 5.87. The van der Waals surface area contributed by atoms with Gasteiger partial charge < -0.3 is 9.47 Å². The van der Waals surface area contributed by atoms with Crippen LogP contribution in [0.2, 0.25) is 5.02 Å². The Labute approximate surface area is 141 Å². The zero-order valence-corrected chi connectivity index (χ0v) is 14.4. The van der Waals surface area contributed by atoms with E-state index in [9.17, 15) is 8.42 Å². The second-order valence-corrected chi connectivity index (χ2v) is 7.17. The Balaban J connectivity index is 2.05. The van der Waals surface area contributed by atoms with Gasteiger partial charge in [-0.05, 0) is 35.4 Å². The fraction of sp³-hybridized carbons (Fsp3) is 0.250. The highest BCUT2D eigenvalue weighted by atomic mass is 35.5. The van der Waals surface area contributed by atoms with Gasteiger partial charge >= 0.3 is 0 Å². The molecule has 5 nitrogen and oxygen atoms in total. The summed E-state index contributed by atoms with van der Waals surface area (Å²) in [5.41, 5.74) is 1.42. The first-order chi connectivity index (χ1) is 10.9. The van der Waals surface area contributed by atoms with Crippen LogP contribution in [0, 0.1) is 0 Å². The van der Waals surface area contributed by atoms with Gasteiger partial charge in [-0.2, -0.15) is 0 Å². The molecule has 2 rings (SSSR count). The van der Waals surface area contributed by atoms with Gasteiger partial charge in [0, 0.05) is 17.6 Å². The molecule has 0 fully saturated rings. The van der Waals surface area contributed by atoms with Crippen molar-refractivity contribution in [3.8, 4) is 11.5 Å². The molecule has 0 aliphatic carbocycles. The van der Waals surface area contributed by atoms with E-state index < -0.39 is 10.0 Å². The molecule has 0 aliphatic rings. The van der Waals surface area contributed by atoms with Gasteiger partial charge in [-0.15, -0.1) is 0 Å². The van der Waals surface area contributed by atoms with Crippen molar-refractivity contribution in [2.45, 2.75) is 12.3 Å². The summed E-state index contributed by atoms with van der Waals surface area (Å²) in [6.07, 6.45) is 0. The van der Waals surface area contributed by atoms with E-state index in [4.69, 9.17) is 21.1 Å². The minimum Gasteiger partial charge on any atom is -0.497 e. The molecule has 7 heteroatoms. The molecule has 0 heterocycles. The molecule has 0 amide bonds. The van der Waals surface area contributed by atoms with E-state index >= 15 is 0 Å². The highest BCUT2D eigenvalue weighted by Gasteiger charge is 2.12. The normalized spacial score (nSPS) is 11.3. The van der Waals surface area contributed by atoms with E-state index in [0.29, 0.717) is 22.1 Å². The molecule has 124 valence electrons. The monoisotopic (exact) mass is 355 g/mol. The summed E-state index contributed by atoms with van der Waals surface area (Å²) < 4.78 is 37.2. The summed E-state index contributed by atoms with van der Waals surface area (Å²) in [5, 5.41) is 0.572. The third-order valence-corrected chi connectivity index (χ3v) is 4.73. The lowest BCUT2D eigenvalue weighted by Crippen LogP contribution is -2.24. The SMILES string of the molecule is COc1cc(CNS(=O)(=O)Cc2ccc(Cl)cc2)cc(OC)c1. The third kappa shape index (κ3) is 5.42. The Morgan fingerprint density at radius 3 is 2.04 bits per heavy atom. The summed E-state index contributed by atoms with van der Waals surface area (Å²) >= 11 is 5.79. The summed E-state index contributed by atoms with van der Waals surface area (Å²) in [4.78, 5) is 0. The molecule has 23 heavy (non-hydrogen) atoms. The van der Waals surface area contributed by atoms with E-state index in [1.807, 2.05) is 0 Å². The molecule has 0 spiro atoms. The number of halogens is 1. The van der Waals surface area contributed by atoms with Gasteiger partial charge in [-0.3, -0.25) is 0 Å². The zero-order chi connectivity index (χ0) is 16.9. The van der Waals surface area contributed by atoms with Crippen molar-refractivity contribution in [2.24, 2.45) is 0 Å². The molecule has 2 aromatic rings. The Morgan fingerprint density at radius 2 is 1.52 bits per heavy atom. The van der Waals surface area contributed by atoms with Crippen molar-refractivity contribution < 1.29 is 17.9 Å². The fourth-order valence-corrected chi connectivity index (χ4v) is 3.26. The van der Waals surface area contributed by atoms with Crippen LogP contribution in [-0.2, 0) is 22.3 Å². The second kappa shape index (κ2) is 7.68. The van der Waals surface area contributed by atoms with Gasteiger partial charge in [-0.25, -0.2) is 13.1 Å². The van der Waals surface area contributed by atoms with E-state index in [0.717, 1.165) is 5.56 Å². The largest absolute Gasteiger partial charge is 0.497 e. The van der Waals surface area contributed by atoms with Gasteiger partial charge in [0.1, 0.15) is 11.5 Å². The molecular weight excluding hydrogens is 338 g/mol. The average Bonchev–Trinajstić information content (AvgIpc) is 2.54. The standard InChI is InChI=1S/C16H18ClNO4S/c1-21-15-7-13(8-16(9-15)22-2)10-18-23(19,20)11-12-3-5-14(17)6-4-12/h3-9,18H,10-11H2,1-2H3. The predicted molar refractivity (Wildman–Crippen MR) is 90.5 cm³/mol. The van der Waals surface area contributed by atoms with Crippen LogP contribution >= 0.6 is 11.6 Å². The summed E-state index contributed by atoms with van der Waals surface area (Å²) in [6, 6.07) is 12.0. The first-order valence-corrected chi connectivity index (χ1v) is 8.88. The molecule has 0 saturated carbocycles. The van der Waals surface area contributed by atoms with Gasteiger partial charge in [-0.1, -0.05) is 23.7 Å². The maximum Gasteiger partial charge on any atom is 0.216 e. The number of methoxy groups -OCH3 is 2. The van der Waals surface area contributed by atoms with Crippen LogP contribution < -0.4 is 14.2 Å². The van der Waals surface area contributed by atoms with E-state index in [2.05, 4.69) is 4.72 Å². The minimum atomic E-state index is -3.46. The Bertz CT molecular complexity index is 738. The molecule has 0 unspecified atom stereocenters. The number of sulfonamides is 1. The van der Waals surface area contributed by atoms with E-state index in [1.54, 1.807) is 56.7 Å². The highest BCUT2D eigenvalue weighted by molar-refractivity contribution is 7.88. The highest BCUT2D eigenvalue weighted by Crippen LogP contribution is 2.22. The second-order valence-electron chi connectivity index (χ2n) is 4.93. The number of hydrogen-bond acceptors (Lipinski definition) is 4. The lowest BCUT2D eigenvalue weighted by molar-refractivity contribution is 0.393. The van der Waals surface area contributed by atoms with Crippen LogP contribution in [0.4, 0.5) is 0 Å². The van der Waals surface area contributed by atoms with Crippen molar-refractivity contribution in [1.82, 2.24) is 4.72 Å². The summed E-state index contributed by atoms with van der Waals surface area (Å²) in [5.74, 6) is 1.11. The van der Waals surface area contributed by atoms with E-state index in [1.165, 1.54) is 0 Å². The molecule has 0 aliphatic heterocycles. The van der Waals surface area contributed by atoms with Crippen LogP contribution in [0.5, 0.6) is 11.5 Å². The molecule has 2 aromatic carbocycles. The quantitative estimate of drug-likeness (QED) is 0.829. The van der Waals surface area contributed by atoms with Crippen molar-refractivity contribution in [2.75, 3.05) is 14.2 Å². The van der Waals surface area contributed by atoms with Crippen molar-refractivity contribution >= 4 is 21.6 Å². The topological polar surface area (TPSA) is 64.6 Å². The third-order valence-electron chi connectivity index (χ3n) is 3.18. The summed E-state index contributed by atoms with van der Waals surface area (Å²) in [6.45, 7) is 0.156. The predicted octanol–water partition coefficient (Wildman–Crippen LogP) is 2.98. The fourth-order valence-electron chi connectivity index (χ4n) is 2.01.